The van der Waals surface area contributed by atoms with Crippen LogP contribution in [0.15, 0.2) is 18.3 Å². The fraction of sp³-hybridized carbons (Fsp3) is 0.333. The molecule has 0 fully saturated rings. The maximum absolute atomic E-state index is 11.6. The number of aliphatic carboxylic acids is 1. The summed E-state index contributed by atoms with van der Waals surface area (Å²) in [5, 5.41) is 13.3. The fourth-order valence-corrected chi connectivity index (χ4v) is 2.19. The highest BCUT2D eigenvalue weighted by Crippen LogP contribution is 2.18. The molecular weight excluding hydrogens is 270 g/mol. The number of carbonyl (C=O) groups is 2. The number of pyridine rings is 1. The quantitative estimate of drug-likeness (QED) is 0.851. The molecule has 0 radical (unpaired) electrons. The van der Waals surface area contributed by atoms with Gasteiger partial charge in [-0.15, -0.1) is 0 Å². The number of hydrogen-bond acceptors (Lipinski definition) is 4. The van der Waals surface area contributed by atoms with Crippen molar-refractivity contribution < 1.29 is 14.7 Å². The molecule has 0 amide bonds. The molecule has 0 bridgehead atoms. The predicted octanol–water partition coefficient (Wildman–Crippen LogP) is 2.10. The average Bonchev–Trinajstić information content (AvgIpc) is 2.74. The molecule has 0 unspecified atom stereocenters. The van der Waals surface area contributed by atoms with E-state index in [1.54, 1.807) is 36.9 Å². The second-order valence-corrected chi connectivity index (χ2v) is 4.81. The monoisotopic (exact) mass is 287 g/mol. The van der Waals surface area contributed by atoms with Crippen molar-refractivity contribution in [3.05, 3.63) is 41.0 Å². The second kappa shape index (κ2) is 5.87. The molecule has 0 atom stereocenters. The van der Waals surface area contributed by atoms with E-state index in [4.69, 9.17) is 5.11 Å². The van der Waals surface area contributed by atoms with Crippen molar-refractivity contribution in [2.45, 2.75) is 33.6 Å². The number of aromatic nitrogens is 3. The van der Waals surface area contributed by atoms with E-state index in [-0.39, 0.29) is 12.2 Å². The maximum Gasteiger partial charge on any atom is 0.307 e. The van der Waals surface area contributed by atoms with Crippen LogP contribution < -0.4 is 0 Å². The van der Waals surface area contributed by atoms with Gasteiger partial charge < -0.3 is 5.11 Å². The Hall–Kier alpha value is -2.50. The molecule has 110 valence electrons. The Bertz CT molecular complexity index is 687. The highest BCUT2D eigenvalue weighted by atomic mass is 16.4. The van der Waals surface area contributed by atoms with Crippen LogP contribution in [-0.4, -0.2) is 31.6 Å². The molecule has 0 saturated carbocycles. The molecule has 6 heteroatoms. The number of carboxylic acids is 1. The van der Waals surface area contributed by atoms with Gasteiger partial charge in [-0.25, -0.2) is 4.68 Å². The second-order valence-electron chi connectivity index (χ2n) is 4.81. The lowest BCUT2D eigenvalue weighted by molar-refractivity contribution is -0.136. The number of carbonyl (C=O) groups excluding carboxylic acids is 1. The third kappa shape index (κ3) is 2.99. The van der Waals surface area contributed by atoms with E-state index in [0.717, 1.165) is 5.69 Å². The van der Waals surface area contributed by atoms with Gasteiger partial charge in [-0.05, 0) is 26.0 Å². The number of nitrogens with zero attached hydrogens (tertiary/aromatic N) is 3. The van der Waals surface area contributed by atoms with E-state index in [2.05, 4.69) is 10.1 Å². The predicted molar refractivity (Wildman–Crippen MR) is 76.8 cm³/mol. The highest BCUT2D eigenvalue weighted by molar-refractivity contribution is 5.94. The molecule has 21 heavy (non-hydrogen) atoms. The van der Waals surface area contributed by atoms with Crippen LogP contribution >= 0.6 is 0 Å². The lowest BCUT2D eigenvalue weighted by Crippen LogP contribution is -2.05. The molecule has 0 aromatic carbocycles. The summed E-state index contributed by atoms with van der Waals surface area (Å²) in [5.74, 6) is -0.899. The Balaban J connectivity index is 2.38. The molecular formula is C15H17N3O3. The summed E-state index contributed by atoms with van der Waals surface area (Å²) in [6.07, 6.45) is 1.93. The van der Waals surface area contributed by atoms with Crippen molar-refractivity contribution in [3.8, 4) is 5.69 Å². The van der Waals surface area contributed by atoms with E-state index in [1.807, 2.05) is 6.92 Å². The van der Waals surface area contributed by atoms with E-state index in [1.165, 1.54) is 0 Å². The zero-order chi connectivity index (χ0) is 15.6. The summed E-state index contributed by atoms with van der Waals surface area (Å²) in [6.45, 7) is 5.39. The first kappa shape index (κ1) is 14.9. The Morgan fingerprint density at radius 1 is 1.29 bits per heavy atom. The molecule has 6 nitrogen and oxygen atoms in total. The van der Waals surface area contributed by atoms with Crippen molar-refractivity contribution in [1.82, 2.24) is 14.8 Å². The highest BCUT2D eigenvalue weighted by Gasteiger charge is 2.15. The van der Waals surface area contributed by atoms with Gasteiger partial charge >= 0.3 is 5.97 Å². The summed E-state index contributed by atoms with van der Waals surface area (Å²) < 4.78 is 1.65. The number of ketones is 1. The Morgan fingerprint density at radius 2 is 2.00 bits per heavy atom. The van der Waals surface area contributed by atoms with Gasteiger partial charge in [0.15, 0.2) is 5.78 Å². The van der Waals surface area contributed by atoms with E-state index in [0.29, 0.717) is 29.1 Å². The standard InChI is InChI=1S/C15H17N3O3/c1-4-14(19)13-6-5-11(8-16-13)18-10(3)12(7-15(20)21)9(2)17-18/h5-6,8H,4,7H2,1-3H3,(H,20,21). The zero-order valence-corrected chi connectivity index (χ0v) is 12.3. The van der Waals surface area contributed by atoms with Gasteiger partial charge in [-0.3, -0.25) is 14.6 Å². The molecule has 0 aliphatic carbocycles. The number of carboxylic acid groups (broad SMARTS) is 1. The first-order chi connectivity index (χ1) is 9.93. The van der Waals surface area contributed by atoms with Gasteiger partial charge in [-0.1, -0.05) is 6.92 Å². The van der Waals surface area contributed by atoms with Gasteiger partial charge in [0.2, 0.25) is 0 Å². The number of aryl methyl sites for hydroxylation is 1. The maximum atomic E-state index is 11.6. The number of rotatable bonds is 5. The van der Waals surface area contributed by atoms with Crippen molar-refractivity contribution in [3.63, 3.8) is 0 Å². The van der Waals surface area contributed by atoms with Gasteiger partial charge in [0.05, 0.1) is 24.0 Å². The van der Waals surface area contributed by atoms with E-state index < -0.39 is 5.97 Å². The van der Waals surface area contributed by atoms with Crippen molar-refractivity contribution in [2.24, 2.45) is 0 Å². The summed E-state index contributed by atoms with van der Waals surface area (Å²) in [7, 11) is 0. The third-order valence-electron chi connectivity index (χ3n) is 3.37. The smallest absolute Gasteiger partial charge is 0.307 e. The molecule has 2 heterocycles. The van der Waals surface area contributed by atoms with Crippen LogP contribution in [0.2, 0.25) is 0 Å². The fourth-order valence-electron chi connectivity index (χ4n) is 2.19. The molecule has 1 N–H and O–H groups in total. The topological polar surface area (TPSA) is 85.1 Å². The molecule has 0 aliphatic rings. The molecule has 0 spiro atoms. The molecule has 2 aromatic heterocycles. The Labute approximate surface area is 122 Å². The summed E-state index contributed by atoms with van der Waals surface area (Å²) in [4.78, 5) is 26.6. The third-order valence-corrected chi connectivity index (χ3v) is 3.37. The molecule has 2 aromatic rings. The molecule has 0 saturated heterocycles. The first-order valence-electron chi connectivity index (χ1n) is 6.70. The molecule has 0 aliphatic heterocycles. The van der Waals surface area contributed by atoms with Gasteiger partial charge in [0.1, 0.15) is 5.69 Å². The van der Waals surface area contributed by atoms with Crippen LogP contribution in [0, 0.1) is 13.8 Å². The van der Waals surface area contributed by atoms with Crippen LogP contribution in [-0.2, 0) is 11.2 Å². The lowest BCUT2D eigenvalue weighted by Gasteiger charge is -2.05. The number of Topliss-reactive ketones (excluding diaryl/α,β-unsaturated/α-hetero) is 1. The van der Waals surface area contributed by atoms with Crippen LogP contribution in [0.3, 0.4) is 0 Å². The van der Waals surface area contributed by atoms with Crippen LogP contribution in [0.25, 0.3) is 5.69 Å². The first-order valence-corrected chi connectivity index (χ1v) is 6.70. The summed E-state index contributed by atoms with van der Waals surface area (Å²) >= 11 is 0. The Morgan fingerprint density at radius 3 is 2.52 bits per heavy atom. The largest absolute Gasteiger partial charge is 0.481 e. The van der Waals surface area contributed by atoms with Crippen LogP contribution in [0.4, 0.5) is 0 Å². The SMILES string of the molecule is CCC(=O)c1ccc(-n2nc(C)c(CC(=O)O)c2C)cn1. The summed E-state index contributed by atoms with van der Waals surface area (Å²) in [5.41, 5.74) is 3.29. The minimum atomic E-state index is -0.886. The van der Waals surface area contributed by atoms with E-state index in [9.17, 15) is 9.59 Å². The molecule has 2 rings (SSSR count). The van der Waals surface area contributed by atoms with Crippen LogP contribution in [0.1, 0.15) is 40.8 Å². The lowest BCUT2D eigenvalue weighted by atomic mass is 10.1. The minimum Gasteiger partial charge on any atom is -0.481 e. The van der Waals surface area contributed by atoms with Crippen molar-refractivity contribution in [2.75, 3.05) is 0 Å². The zero-order valence-electron chi connectivity index (χ0n) is 12.3. The van der Waals surface area contributed by atoms with Gasteiger partial charge in [0.25, 0.3) is 0 Å². The van der Waals surface area contributed by atoms with Crippen LogP contribution in [0.5, 0.6) is 0 Å². The normalized spacial score (nSPS) is 10.6. The minimum absolute atomic E-state index is 0.0125. The van der Waals surface area contributed by atoms with Crippen molar-refractivity contribution in [1.29, 1.82) is 0 Å². The average molecular weight is 287 g/mol. The number of hydrogen-bond donors (Lipinski definition) is 1. The van der Waals surface area contributed by atoms with E-state index >= 15 is 0 Å². The van der Waals surface area contributed by atoms with Gasteiger partial charge in [0, 0.05) is 17.7 Å². The Kier molecular flexibility index (Phi) is 4.16. The summed E-state index contributed by atoms with van der Waals surface area (Å²) in [6, 6.07) is 3.42. The van der Waals surface area contributed by atoms with Gasteiger partial charge in [-0.2, -0.15) is 5.10 Å². The van der Waals surface area contributed by atoms with Crippen molar-refractivity contribution >= 4 is 11.8 Å².